The molecule has 0 saturated heterocycles. The fraction of sp³-hybridized carbons (Fsp3) is 0.133. The second-order valence-corrected chi connectivity index (χ2v) is 4.68. The van der Waals surface area contributed by atoms with Gasteiger partial charge in [-0.15, -0.1) is 11.6 Å². The number of aromatic nitrogens is 2. The predicted octanol–water partition coefficient (Wildman–Crippen LogP) is 4.21. The van der Waals surface area contributed by atoms with Crippen LogP contribution in [0.4, 0.5) is 4.39 Å². The van der Waals surface area contributed by atoms with E-state index in [2.05, 4.69) is 4.98 Å². The van der Waals surface area contributed by atoms with Crippen LogP contribution in [-0.2, 0) is 5.88 Å². The van der Waals surface area contributed by atoms with Gasteiger partial charge in [0.25, 0.3) is 0 Å². The highest BCUT2D eigenvalue weighted by atomic mass is 35.5. The van der Waals surface area contributed by atoms with Crippen molar-refractivity contribution in [1.82, 2.24) is 9.55 Å². The first-order valence-electron chi connectivity index (χ1n) is 5.99. The Morgan fingerprint density at radius 2 is 1.89 bits per heavy atom. The van der Waals surface area contributed by atoms with Crippen LogP contribution in [0.1, 0.15) is 11.4 Å². The highest BCUT2D eigenvalue weighted by Gasteiger charge is 2.12. The summed E-state index contributed by atoms with van der Waals surface area (Å²) in [7, 11) is 0. The maximum Gasteiger partial charge on any atom is 0.129 e. The Kier molecular flexibility index (Phi) is 2.99. The molecule has 0 N–H and O–H groups in total. The number of rotatable bonds is 2. The first kappa shape index (κ1) is 12.2. The molecule has 0 atom stereocenters. The Hall–Kier alpha value is -1.87. The molecule has 0 radical (unpaired) electrons. The van der Waals surface area contributed by atoms with Crippen LogP contribution in [0, 0.1) is 12.7 Å². The normalized spacial score (nSPS) is 11.1. The molecule has 0 bridgehead atoms. The molecule has 0 spiro atoms. The lowest BCUT2D eigenvalue weighted by molar-refractivity contribution is 0.627. The van der Waals surface area contributed by atoms with Gasteiger partial charge in [0.05, 0.1) is 16.9 Å². The van der Waals surface area contributed by atoms with Crippen molar-refractivity contribution < 1.29 is 4.39 Å². The molecule has 0 aliphatic heterocycles. The second kappa shape index (κ2) is 4.67. The zero-order chi connectivity index (χ0) is 13.4. The van der Waals surface area contributed by atoms with Crippen molar-refractivity contribution in [3.05, 3.63) is 59.7 Å². The molecule has 4 heteroatoms. The Balaban J connectivity index is 2.32. The minimum atomic E-state index is -0.253. The monoisotopic (exact) mass is 274 g/mol. The Morgan fingerprint density at radius 1 is 1.16 bits per heavy atom. The second-order valence-electron chi connectivity index (χ2n) is 4.42. The quantitative estimate of drug-likeness (QED) is 0.640. The van der Waals surface area contributed by atoms with Crippen LogP contribution in [-0.4, -0.2) is 9.55 Å². The van der Waals surface area contributed by atoms with E-state index in [1.807, 2.05) is 29.7 Å². The molecule has 0 saturated carbocycles. The number of benzene rings is 2. The van der Waals surface area contributed by atoms with Crippen molar-refractivity contribution in [2.45, 2.75) is 12.8 Å². The number of para-hydroxylation sites is 1. The summed E-state index contributed by atoms with van der Waals surface area (Å²) in [5.74, 6) is 0.820. The molecule has 3 rings (SSSR count). The number of halogens is 2. The van der Waals surface area contributed by atoms with Crippen LogP contribution in [0.15, 0.2) is 42.5 Å². The van der Waals surface area contributed by atoms with Crippen molar-refractivity contribution in [3.63, 3.8) is 0 Å². The summed E-state index contributed by atoms with van der Waals surface area (Å²) >= 11 is 5.98. The summed E-state index contributed by atoms with van der Waals surface area (Å²) in [6.45, 7) is 2.02. The van der Waals surface area contributed by atoms with E-state index in [-0.39, 0.29) is 5.82 Å². The maximum atomic E-state index is 13.0. The fourth-order valence-corrected chi connectivity index (χ4v) is 2.43. The van der Waals surface area contributed by atoms with E-state index in [4.69, 9.17) is 11.6 Å². The minimum absolute atomic E-state index is 0.253. The van der Waals surface area contributed by atoms with E-state index in [1.54, 1.807) is 12.1 Å². The zero-order valence-corrected chi connectivity index (χ0v) is 11.2. The summed E-state index contributed by atoms with van der Waals surface area (Å²) < 4.78 is 15.0. The highest BCUT2D eigenvalue weighted by Crippen LogP contribution is 2.24. The van der Waals surface area contributed by atoms with Crippen LogP contribution in [0.3, 0.4) is 0 Å². The van der Waals surface area contributed by atoms with Crippen LogP contribution >= 0.6 is 11.6 Å². The van der Waals surface area contributed by atoms with Crippen molar-refractivity contribution in [1.29, 1.82) is 0 Å². The fourth-order valence-electron chi connectivity index (χ4n) is 2.26. The number of aryl methyl sites for hydroxylation is 1. The third kappa shape index (κ3) is 2.00. The van der Waals surface area contributed by atoms with Crippen LogP contribution < -0.4 is 0 Å². The van der Waals surface area contributed by atoms with Gasteiger partial charge in [-0.25, -0.2) is 9.37 Å². The van der Waals surface area contributed by atoms with Crippen molar-refractivity contribution >= 4 is 22.6 Å². The SMILES string of the molecule is Cc1cccc2c1nc(CCl)n2-c1ccc(F)cc1. The van der Waals surface area contributed by atoms with Gasteiger partial charge in [-0.2, -0.15) is 0 Å². The number of hydrogen-bond donors (Lipinski definition) is 0. The summed E-state index contributed by atoms with van der Waals surface area (Å²) in [5.41, 5.74) is 3.89. The van der Waals surface area contributed by atoms with Gasteiger partial charge in [-0.05, 0) is 42.8 Å². The summed E-state index contributed by atoms with van der Waals surface area (Å²) in [6.07, 6.45) is 0. The summed E-state index contributed by atoms with van der Waals surface area (Å²) in [6, 6.07) is 12.3. The van der Waals surface area contributed by atoms with E-state index in [0.29, 0.717) is 5.88 Å². The third-order valence-electron chi connectivity index (χ3n) is 3.16. The van der Waals surface area contributed by atoms with Crippen molar-refractivity contribution in [2.75, 3.05) is 0 Å². The smallest absolute Gasteiger partial charge is 0.129 e. The molecule has 3 aromatic rings. The van der Waals surface area contributed by atoms with Gasteiger partial charge in [-0.3, -0.25) is 4.57 Å². The first-order chi connectivity index (χ1) is 9.20. The molecule has 0 aliphatic rings. The molecule has 19 heavy (non-hydrogen) atoms. The molecule has 0 aliphatic carbocycles. The van der Waals surface area contributed by atoms with E-state index in [9.17, 15) is 4.39 Å². The molecule has 1 heterocycles. The molecular formula is C15H12ClFN2. The van der Waals surface area contributed by atoms with Gasteiger partial charge in [0.15, 0.2) is 0 Å². The molecule has 2 aromatic carbocycles. The topological polar surface area (TPSA) is 17.8 Å². The maximum absolute atomic E-state index is 13.0. The molecular weight excluding hydrogens is 263 g/mol. The lowest BCUT2D eigenvalue weighted by atomic mass is 10.2. The van der Waals surface area contributed by atoms with E-state index < -0.39 is 0 Å². The Morgan fingerprint density at radius 3 is 2.58 bits per heavy atom. The van der Waals surface area contributed by atoms with Gasteiger partial charge in [0.2, 0.25) is 0 Å². The molecule has 1 aromatic heterocycles. The number of alkyl halides is 1. The molecule has 0 amide bonds. The van der Waals surface area contributed by atoms with Gasteiger partial charge in [0, 0.05) is 5.69 Å². The largest absolute Gasteiger partial charge is 0.295 e. The highest BCUT2D eigenvalue weighted by molar-refractivity contribution is 6.17. The van der Waals surface area contributed by atoms with Crippen molar-refractivity contribution in [3.8, 4) is 5.69 Å². The third-order valence-corrected chi connectivity index (χ3v) is 3.40. The average Bonchev–Trinajstić information content (AvgIpc) is 2.80. The van der Waals surface area contributed by atoms with Crippen molar-refractivity contribution in [2.24, 2.45) is 0 Å². The van der Waals surface area contributed by atoms with Crippen LogP contribution in [0.5, 0.6) is 0 Å². The Labute approximate surface area is 115 Å². The number of imidazole rings is 1. The van der Waals surface area contributed by atoms with Crippen LogP contribution in [0.25, 0.3) is 16.7 Å². The van der Waals surface area contributed by atoms with Gasteiger partial charge in [-0.1, -0.05) is 12.1 Å². The van der Waals surface area contributed by atoms with E-state index >= 15 is 0 Å². The first-order valence-corrected chi connectivity index (χ1v) is 6.53. The molecule has 0 unspecified atom stereocenters. The lowest BCUT2D eigenvalue weighted by Gasteiger charge is -2.07. The Bertz CT molecular complexity index is 732. The molecule has 2 nitrogen and oxygen atoms in total. The molecule has 96 valence electrons. The lowest BCUT2D eigenvalue weighted by Crippen LogP contribution is -1.99. The summed E-state index contributed by atoms with van der Waals surface area (Å²) in [4.78, 5) is 4.57. The summed E-state index contributed by atoms with van der Waals surface area (Å²) in [5, 5.41) is 0. The zero-order valence-electron chi connectivity index (χ0n) is 10.4. The predicted molar refractivity (Wildman–Crippen MR) is 75.3 cm³/mol. The number of hydrogen-bond acceptors (Lipinski definition) is 1. The van der Waals surface area contributed by atoms with Gasteiger partial charge < -0.3 is 0 Å². The standard InChI is InChI=1S/C15H12ClFN2/c1-10-3-2-4-13-15(10)18-14(9-16)19(13)12-7-5-11(17)6-8-12/h2-8H,9H2,1H3. The minimum Gasteiger partial charge on any atom is -0.295 e. The van der Waals surface area contributed by atoms with E-state index in [1.165, 1.54) is 12.1 Å². The number of fused-ring (bicyclic) bond motifs is 1. The molecule has 0 fully saturated rings. The van der Waals surface area contributed by atoms with E-state index in [0.717, 1.165) is 28.1 Å². The number of nitrogens with zero attached hydrogens (tertiary/aromatic N) is 2. The van der Waals surface area contributed by atoms with Gasteiger partial charge in [0.1, 0.15) is 11.6 Å². The van der Waals surface area contributed by atoms with Gasteiger partial charge >= 0.3 is 0 Å². The van der Waals surface area contributed by atoms with Crippen LogP contribution in [0.2, 0.25) is 0 Å². The average molecular weight is 275 g/mol.